The molecule has 1 fully saturated rings. The molecule has 200 valence electrons. The highest BCUT2D eigenvalue weighted by molar-refractivity contribution is 7.99. The Hall–Kier alpha value is -3.85. The molecule has 4 aromatic carbocycles. The number of carboxylic acids is 1. The van der Waals surface area contributed by atoms with E-state index < -0.39 is 5.97 Å². The van der Waals surface area contributed by atoms with Gasteiger partial charge in [-0.15, -0.1) is 0 Å². The molecule has 1 aliphatic rings. The smallest absolute Gasteiger partial charge is 0.337 e. The van der Waals surface area contributed by atoms with Crippen molar-refractivity contribution < 1.29 is 19.4 Å². The van der Waals surface area contributed by atoms with E-state index in [1.165, 1.54) is 11.5 Å². The van der Waals surface area contributed by atoms with Gasteiger partial charge in [0.2, 0.25) is 5.91 Å². The lowest BCUT2D eigenvalue weighted by molar-refractivity contribution is -0.115. The van der Waals surface area contributed by atoms with Crippen LogP contribution in [-0.4, -0.2) is 61.2 Å². The molecule has 0 bridgehead atoms. The third-order valence-corrected chi connectivity index (χ3v) is 7.62. The molecule has 1 amide bonds. The first-order valence-electron chi connectivity index (χ1n) is 13.0. The summed E-state index contributed by atoms with van der Waals surface area (Å²) in [6.07, 6.45) is 0.159. The second-order valence-corrected chi connectivity index (χ2v) is 10.6. The molecule has 8 heteroatoms. The van der Waals surface area contributed by atoms with Gasteiger partial charge in [-0.1, -0.05) is 48.2 Å². The monoisotopic (exact) mass is 541 g/mol. The van der Waals surface area contributed by atoms with Crippen molar-refractivity contribution in [1.29, 1.82) is 0 Å². The van der Waals surface area contributed by atoms with Crippen LogP contribution in [0.1, 0.15) is 15.9 Å². The van der Waals surface area contributed by atoms with E-state index in [0.717, 1.165) is 59.2 Å². The molecule has 0 atom stereocenters. The van der Waals surface area contributed by atoms with Crippen LogP contribution in [0.2, 0.25) is 0 Å². The van der Waals surface area contributed by atoms with Crippen LogP contribution in [0.5, 0.6) is 5.75 Å². The summed E-state index contributed by atoms with van der Waals surface area (Å²) in [5.74, 6) is -0.450. The van der Waals surface area contributed by atoms with Crippen molar-refractivity contribution in [2.45, 2.75) is 16.2 Å². The van der Waals surface area contributed by atoms with Gasteiger partial charge in [0.1, 0.15) is 12.4 Å². The van der Waals surface area contributed by atoms with E-state index in [0.29, 0.717) is 12.3 Å². The molecule has 1 aliphatic heterocycles. The van der Waals surface area contributed by atoms with E-state index in [4.69, 9.17) is 4.74 Å². The molecule has 0 aliphatic carbocycles. The van der Waals surface area contributed by atoms with Crippen molar-refractivity contribution in [1.82, 2.24) is 10.2 Å². The molecule has 5 rings (SSSR count). The highest BCUT2D eigenvalue weighted by Gasteiger charge is 2.12. The number of ether oxygens (including phenoxy) is 1. The van der Waals surface area contributed by atoms with Crippen molar-refractivity contribution in [3.63, 3.8) is 0 Å². The topological polar surface area (TPSA) is 90.9 Å². The maximum Gasteiger partial charge on any atom is 0.337 e. The molecule has 4 aromatic rings. The average Bonchev–Trinajstić information content (AvgIpc) is 2.95. The van der Waals surface area contributed by atoms with Crippen molar-refractivity contribution >= 4 is 40.1 Å². The summed E-state index contributed by atoms with van der Waals surface area (Å²) in [4.78, 5) is 28.5. The summed E-state index contributed by atoms with van der Waals surface area (Å²) >= 11 is 1.66. The minimum Gasteiger partial charge on any atom is -0.492 e. The van der Waals surface area contributed by atoms with Crippen LogP contribution in [0.4, 0.5) is 5.69 Å². The van der Waals surface area contributed by atoms with E-state index >= 15 is 0 Å². The number of nitrogens with one attached hydrogen (secondary N) is 2. The Morgan fingerprint density at radius 3 is 2.44 bits per heavy atom. The van der Waals surface area contributed by atoms with E-state index in [-0.39, 0.29) is 17.9 Å². The third kappa shape index (κ3) is 7.38. The van der Waals surface area contributed by atoms with E-state index in [1.54, 1.807) is 30.0 Å². The molecule has 3 N–H and O–H groups in total. The van der Waals surface area contributed by atoms with E-state index in [2.05, 4.69) is 45.9 Å². The lowest BCUT2D eigenvalue weighted by Crippen LogP contribution is -2.44. The number of hydrogen-bond donors (Lipinski definition) is 3. The maximum atomic E-state index is 12.5. The molecule has 39 heavy (non-hydrogen) atoms. The van der Waals surface area contributed by atoms with Gasteiger partial charge >= 0.3 is 5.97 Å². The van der Waals surface area contributed by atoms with Crippen molar-refractivity contribution in [3.05, 3.63) is 96.1 Å². The number of rotatable bonds is 10. The zero-order valence-electron chi connectivity index (χ0n) is 21.6. The summed E-state index contributed by atoms with van der Waals surface area (Å²) in [5.41, 5.74) is 1.22. The molecular weight excluding hydrogens is 510 g/mol. The maximum absolute atomic E-state index is 12.5. The normalized spacial score (nSPS) is 13.7. The van der Waals surface area contributed by atoms with Gasteiger partial charge in [-0.25, -0.2) is 4.79 Å². The second-order valence-electron chi connectivity index (χ2n) is 9.43. The third-order valence-electron chi connectivity index (χ3n) is 6.62. The lowest BCUT2D eigenvalue weighted by Gasteiger charge is -2.26. The van der Waals surface area contributed by atoms with Gasteiger partial charge in [0, 0.05) is 42.5 Å². The van der Waals surface area contributed by atoms with E-state index in [9.17, 15) is 14.7 Å². The predicted molar refractivity (Wildman–Crippen MR) is 155 cm³/mol. The number of benzene rings is 4. The fraction of sp³-hybridized carbons (Fsp3) is 0.226. The average molecular weight is 542 g/mol. The SMILES string of the molecule is O=C(Cc1ccc(Sc2ccc3ccc(OCCN4CCNCC4)cc3c2)cc1)Nc1ccccc1C(=O)O. The number of anilines is 1. The van der Waals surface area contributed by atoms with Gasteiger partial charge in [-0.2, -0.15) is 0 Å². The highest BCUT2D eigenvalue weighted by Crippen LogP contribution is 2.31. The summed E-state index contributed by atoms with van der Waals surface area (Å²) in [6, 6.07) is 26.9. The van der Waals surface area contributed by atoms with Crippen LogP contribution in [0.15, 0.2) is 94.7 Å². The van der Waals surface area contributed by atoms with Gasteiger partial charge in [-0.3, -0.25) is 9.69 Å². The number of nitrogens with zero attached hydrogens (tertiary/aromatic N) is 1. The van der Waals surface area contributed by atoms with Crippen LogP contribution >= 0.6 is 11.8 Å². The summed E-state index contributed by atoms with van der Waals surface area (Å²) in [6.45, 7) is 5.82. The number of carboxylic acid groups (broad SMARTS) is 1. The Bertz CT molecular complexity index is 1450. The highest BCUT2D eigenvalue weighted by atomic mass is 32.2. The Labute approximate surface area is 232 Å². The quantitative estimate of drug-likeness (QED) is 0.256. The minimum atomic E-state index is -1.07. The Morgan fingerprint density at radius 1 is 0.897 bits per heavy atom. The summed E-state index contributed by atoms with van der Waals surface area (Å²) in [7, 11) is 0. The van der Waals surface area contributed by atoms with Crippen LogP contribution < -0.4 is 15.4 Å². The minimum absolute atomic E-state index is 0.0712. The first-order valence-corrected chi connectivity index (χ1v) is 13.8. The molecule has 1 saturated heterocycles. The fourth-order valence-electron chi connectivity index (χ4n) is 4.55. The number of carbonyl (C=O) groups excluding carboxylic acids is 1. The van der Waals surface area contributed by atoms with Crippen molar-refractivity contribution in [2.24, 2.45) is 0 Å². The number of amides is 1. The number of aromatic carboxylic acids is 1. The lowest BCUT2D eigenvalue weighted by atomic mass is 10.1. The molecule has 0 unspecified atom stereocenters. The molecule has 0 spiro atoms. The second kappa shape index (κ2) is 12.8. The van der Waals surface area contributed by atoms with Gasteiger partial charge < -0.3 is 20.5 Å². The molecule has 0 aromatic heterocycles. The standard InChI is InChI=1S/C31H31N3O4S/c35-30(33-29-4-2-1-3-28(29)31(36)37)19-22-5-10-26(11-6-22)39-27-12-8-23-7-9-25(20-24(23)21-27)38-18-17-34-15-13-32-14-16-34/h1-12,20-21,32H,13-19H2,(H,33,35)(H,36,37). The van der Waals surface area contributed by atoms with Gasteiger partial charge in [0.15, 0.2) is 0 Å². The number of fused-ring (bicyclic) bond motifs is 1. The van der Waals surface area contributed by atoms with Gasteiger partial charge in [-0.05, 0) is 64.9 Å². The van der Waals surface area contributed by atoms with Crippen LogP contribution in [0.25, 0.3) is 10.8 Å². The molecule has 1 heterocycles. The summed E-state index contributed by atoms with van der Waals surface area (Å²) < 4.78 is 6.04. The number of carbonyl (C=O) groups is 2. The number of piperazine rings is 1. The first-order chi connectivity index (χ1) is 19.0. The van der Waals surface area contributed by atoms with Crippen molar-refractivity contribution in [2.75, 3.05) is 44.6 Å². The Morgan fingerprint density at radius 2 is 1.64 bits per heavy atom. The van der Waals surface area contributed by atoms with Crippen LogP contribution in [0, 0.1) is 0 Å². The largest absolute Gasteiger partial charge is 0.492 e. The van der Waals surface area contributed by atoms with Gasteiger partial charge in [0.05, 0.1) is 17.7 Å². The zero-order chi connectivity index (χ0) is 27.0. The molecule has 0 saturated carbocycles. The summed E-state index contributed by atoms with van der Waals surface area (Å²) in [5, 5.41) is 17.7. The van der Waals surface area contributed by atoms with Crippen LogP contribution in [0.3, 0.4) is 0 Å². The van der Waals surface area contributed by atoms with Crippen molar-refractivity contribution in [3.8, 4) is 5.75 Å². The predicted octanol–water partition coefficient (Wildman–Crippen LogP) is 5.15. The Balaban J connectivity index is 1.17. The van der Waals surface area contributed by atoms with Gasteiger partial charge in [0.25, 0.3) is 0 Å². The van der Waals surface area contributed by atoms with Crippen LogP contribution in [-0.2, 0) is 11.2 Å². The first kappa shape index (κ1) is 26.7. The molecular formula is C31H31N3O4S. The number of para-hydroxylation sites is 1. The van der Waals surface area contributed by atoms with E-state index in [1.807, 2.05) is 30.3 Å². The Kier molecular flexibility index (Phi) is 8.78. The molecule has 7 nitrogen and oxygen atoms in total. The fourth-order valence-corrected chi connectivity index (χ4v) is 5.42. The zero-order valence-corrected chi connectivity index (χ0v) is 22.4. The number of hydrogen-bond acceptors (Lipinski definition) is 6. The molecule has 0 radical (unpaired) electrons.